The molecule has 0 aliphatic heterocycles. The fourth-order valence-corrected chi connectivity index (χ4v) is 6.10. The second-order valence-corrected chi connectivity index (χ2v) is 11.0. The molecule has 10 heteroatoms. The van der Waals surface area contributed by atoms with E-state index in [4.69, 9.17) is 21.1 Å². The fourth-order valence-electron chi connectivity index (χ4n) is 5.86. The minimum atomic E-state index is -4.97. The topological polar surface area (TPSA) is 72.7 Å². The Bertz CT molecular complexity index is 1670. The molecule has 1 aliphatic carbocycles. The molecule has 1 heterocycles. The first kappa shape index (κ1) is 27.9. The first-order chi connectivity index (χ1) is 18.8. The maximum Gasteiger partial charge on any atom is 0.419 e. The molecule has 0 spiro atoms. The molecule has 1 aliphatic rings. The van der Waals surface area contributed by atoms with Crippen molar-refractivity contribution in [2.75, 3.05) is 19.5 Å². The van der Waals surface area contributed by atoms with Crippen molar-refractivity contribution in [3.05, 3.63) is 93.2 Å². The number of pyridine rings is 1. The third-order valence-electron chi connectivity index (χ3n) is 7.56. The molecule has 3 aromatic carbocycles. The van der Waals surface area contributed by atoms with E-state index in [0.29, 0.717) is 33.6 Å². The minimum absolute atomic E-state index is 0.218. The zero-order chi connectivity index (χ0) is 29.0. The van der Waals surface area contributed by atoms with E-state index < -0.39 is 29.7 Å². The normalized spacial score (nSPS) is 20.2. The van der Waals surface area contributed by atoms with E-state index in [1.807, 2.05) is 0 Å². The van der Waals surface area contributed by atoms with Gasteiger partial charge in [-0.25, -0.2) is 0 Å². The number of halogens is 4. The van der Waals surface area contributed by atoms with Crippen molar-refractivity contribution < 1.29 is 27.8 Å². The van der Waals surface area contributed by atoms with Crippen molar-refractivity contribution in [2.45, 2.75) is 43.5 Å². The van der Waals surface area contributed by atoms with Gasteiger partial charge in [-0.2, -0.15) is 13.2 Å². The number of nitrogens with one attached hydrogen (secondary N) is 1. The molecule has 0 fully saturated rings. The lowest BCUT2D eigenvalue weighted by Gasteiger charge is -2.49. The van der Waals surface area contributed by atoms with Gasteiger partial charge in [-0.3, -0.25) is 9.36 Å². The standard InChI is InChI=1S/C30H28ClF3N2O4/c1-28(2)16-29(38,30(32,33)34)27(20-11-13-21(31)26(40-4)25(20)28)35-22-9-6-10-23-19(22)12-14-24(37)36(23)17-7-5-8-18(15-17)39-3/h5-15,27,35,38H,16H2,1-4H3. The van der Waals surface area contributed by atoms with Crippen LogP contribution in [-0.2, 0) is 5.41 Å². The van der Waals surface area contributed by atoms with Gasteiger partial charge in [-0.05, 0) is 53.8 Å². The van der Waals surface area contributed by atoms with Gasteiger partial charge >= 0.3 is 6.18 Å². The van der Waals surface area contributed by atoms with Crippen molar-refractivity contribution in [3.63, 3.8) is 0 Å². The summed E-state index contributed by atoms with van der Waals surface area (Å²) >= 11 is 6.38. The van der Waals surface area contributed by atoms with Crippen molar-refractivity contribution >= 4 is 28.2 Å². The second-order valence-electron chi connectivity index (χ2n) is 10.6. The van der Waals surface area contributed by atoms with Crippen LogP contribution < -0.4 is 20.3 Å². The lowest BCUT2D eigenvalue weighted by molar-refractivity contribution is -0.275. The average Bonchev–Trinajstić information content (AvgIpc) is 2.90. The summed E-state index contributed by atoms with van der Waals surface area (Å²) in [6, 6.07) is 16.1. The Morgan fingerprint density at radius 2 is 1.75 bits per heavy atom. The predicted molar refractivity (Wildman–Crippen MR) is 149 cm³/mol. The van der Waals surface area contributed by atoms with Crippen LogP contribution in [0.3, 0.4) is 0 Å². The van der Waals surface area contributed by atoms with E-state index in [9.17, 15) is 23.1 Å². The van der Waals surface area contributed by atoms with Gasteiger partial charge < -0.3 is 19.9 Å². The number of alkyl halides is 3. The van der Waals surface area contributed by atoms with E-state index in [1.54, 1.807) is 62.4 Å². The molecule has 1 aromatic heterocycles. The smallest absolute Gasteiger partial charge is 0.419 e. The Morgan fingerprint density at radius 3 is 2.42 bits per heavy atom. The number of hydrogen-bond donors (Lipinski definition) is 2. The van der Waals surface area contributed by atoms with Gasteiger partial charge in [0.1, 0.15) is 11.5 Å². The molecule has 6 nitrogen and oxygen atoms in total. The number of hydrogen-bond acceptors (Lipinski definition) is 5. The minimum Gasteiger partial charge on any atom is -0.497 e. The first-order valence-corrected chi connectivity index (χ1v) is 12.9. The zero-order valence-corrected chi connectivity index (χ0v) is 23.0. The van der Waals surface area contributed by atoms with Gasteiger partial charge in [-0.15, -0.1) is 0 Å². The largest absolute Gasteiger partial charge is 0.497 e. The highest BCUT2D eigenvalue weighted by Gasteiger charge is 2.64. The van der Waals surface area contributed by atoms with Crippen LogP contribution in [0.15, 0.2) is 71.5 Å². The maximum atomic E-state index is 14.7. The molecule has 0 saturated heterocycles. The Labute approximate surface area is 233 Å². The number of nitrogens with zero attached hydrogens (tertiary/aromatic N) is 1. The Balaban J connectivity index is 1.74. The molecule has 2 atom stereocenters. The molecule has 0 bridgehead atoms. The number of ether oxygens (including phenoxy) is 2. The van der Waals surface area contributed by atoms with Crippen molar-refractivity contribution in [1.82, 2.24) is 4.57 Å². The van der Waals surface area contributed by atoms with E-state index in [2.05, 4.69) is 5.32 Å². The Kier molecular flexibility index (Phi) is 6.79. The van der Waals surface area contributed by atoms with Crippen LogP contribution in [0.5, 0.6) is 11.5 Å². The molecule has 210 valence electrons. The number of aromatic nitrogens is 1. The van der Waals surface area contributed by atoms with Crippen LogP contribution in [0.25, 0.3) is 16.6 Å². The number of aliphatic hydroxyl groups is 1. The van der Waals surface area contributed by atoms with E-state index in [-0.39, 0.29) is 21.9 Å². The van der Waals surface area contributed by atoms with Crippen molar-refractivity contribution in [1.29, 1.82) is 0 Å². The number of anilines is 1. The fraction of sp³-hybridized carbons (Fsp3) is 0.300. The number of benzene rings is 3. The summed E-state index contributed by atoms with van der Waals surface area (Å²) in [4.78, 5) is 13.0. The van der Waals surface area contributed by atoms with Crippen LogP contribution in [0.1, 0.15) is 37.4 Å². The van der Waals surface area contributed by atoms with Crippen LogP contribution in [-0.4, -0.2) is 35.7 Å². The zero-order valence-electron chi connectivity index (χ0n) is 22.3. The van der Waals surface area contributed by atoms with Gasteiger partial charge in [0.05, 0.1) is 36.5 Å². The SMILES string of the molecule is COc1cccc(-n2c(=O)ccc3c(NC4c5ccc(Cl)c(OC)c5C(C)(C)CC4(O)C(F)(F)F)cccc32)c1. The van der Waals surface area contributed by atoms with Crippen LogP contribution >= 0.6 is 11.6 Å². The summed E-state index contributed by atoms with van der Waals surface area (Å²) in [5.74, 6) is 0.810. The third kappa shape index (κ3) is 4.37. The number of fused-ring (bicyclic) bond motifs is 2. The highest BCUT2D eigenvalue weighted by Crippen LogP contribution is 2.57. The maximum absolute atomic E-state index is 14.7. The molecule has 40 heavy (non-hydrogen) atoms. The van der Waals surface area contributed by atoms with Crippen LogP contribution in [0, 0.1) is 0 Å². The summed E-state index contributed by atoms with van der Waals surface area (Å²) in [5, 5.41) is 15.2. The number of rotatable bonds is 5. The lowest BCUT2D eigenvalue weighted by Crippen LogP contribution is -2.58. The molecule has 0 saturated carbocycles. The van der Waals surface area contributed by atoms with Crippen molar-refractivity contribution in [3.8, 4) is 17.2 Å². The summed E-state index contributed by atoms with van der Waals surface area (Å²) in [5.41, 5.74) is -2.58. The molecule has 4 aromatic rings. The van der Waals surface area contributed by atoms with Gasteiger partial charge in [0, 0.05) is 28.8 Å². The summed E-state index contributed by atoms with van der Waals surface area (Å²) in [6.07, 6.45) is -5.61. The first-order valence-electron chi connectivity index (χ1n) is 12.5. The van der Waals surface area contributed by atoms with Gasteiger partial charge in [0.2, 0.25) is 0 Å². The molecular weight excluding hydrogens is 545 g/mol. The molecule has 2 unspecified atom stereocenters. The molecule has 0 amide bonds. The van der Waals surface area contributed by atoms with Crippen LogP contribution in [0.2, 0.25) is 5.02 Å². The molecule has 0 radical (unpaired) electrons. The summed E-state index contributed by atoms with van der Waals surface area (Å²) < 4.78 is 56.4. The summed E-state index contributed by atoms with van der Waals surface area (Å²) in [7, 11) is 2.92. The lowest BCUT2D eigenvalue weighted by atomic mass is 9.63. The van der Waals surface area contributed by atoms with Gasteiger partial charge in [-0.1, -0.05) is 43.6 Å². The van der Waals surface area contributed by atoms with E-state index in [0.717, 1.165) is 0 Å². The highest BCUT2D eigenvalue weighted by molar-refractivity contribution is 6.32. The summed E-state index contributed by atoms with van der Waals surface area (Å²) in [6.45, 7) is 3.25. The number of methoxy groups -OCH3 is 2. The second kappa shape index (κ2) is 9.74. The van der Waals surface area contributed by atoms with Gasteiger partial charge in [0.25, 0.3) is 5.56 Å². The highest BCUT2D eigenvalue weighted by atomic mass is 35.5. The Morgan fingerprint density at radius 1 is 1.02 bits per heavy atom. The predicted octanol–water partition coefficient (Wildman–Crippen LogP) is 6.79. The molecule has 2 N–H and O–H groups in total. The van der Waals surface area contributed by atoms with Crippen molar-refractivity contribution in [2.24, 2.45) is 0 Å². The van der Waals surface area contributed by atoms with E-state index in [1.165, 1.54) is 37.0 Å². The average molecular weight is 573 g/mol. The molecule has 5 rings (SSSR count). The quantitative estimate of drug-likeness (QED) is 0.275. The monoisotopic (exact) mass is 572 g/mol. The van der Waals surface area contributed by atoms with Gasteiger partial charge in [0.15, 0.2) is 5.60 Å². The van der Waals surface area contributed by atoms with E-state index >= 15 is 0 Å². The Hall–Kier alpha value is -3.69. The van der Waals surface area contributed by atoms with Crippen LogP contribution in [0.4, 0.5) is 18.9 Å². The third-order valence-corrected chi connectivity index (χ3v) is 7.86. The molecular formula is C30H28ClF3N2O4.